The molecule has 0 bridgehead atoms. The van der Waals surface area contributed by atoms with Crippen molar-refractivity contribution in [3.05, 3.63) is 58.6 Å². The van der Waals surface area contributed by atoms with Gasteiger partial charge < -0.3 is 0 Å². The predicted molar refractivity (Wildman–Crippen MR) is 60.9 cm³/mol. The van der Waals surface area contributed by atoms with Crippen LogP contribution in [0.3, 0.4) is 0 Å². The second-order valence-electron chi connectivity index (χ2n) is 3.36. The predicted octanol–water partition coefficient (Wildman–Crippen LogP) is 2.92. The zero-order valence-electron chi connectivity index (χ0n) is 8.64. The summed E-state index contributed by atoms with van der Waals surface area (Å²) < 4.78 is 13.6. The number of nitriles is 1. The molecule has 0 saturated carbocycles. The molecule has 0 fully saturated rings. The maximum absolute atomic E-state index is 13.6. The van der Waals surface area contributed by atoms with Gasteiger partial charge in [0.1, 0.15) is 11.7 Å². The van der Waals surface area contributed by atoms with E-state index in [9.17, 15) is 4.39 Å². The first-order valence-corrected chi connectivity index (χ1v) is 5.23. The standard InChI is InChI=1S/C12H7ClFN3/c13-12-6-5-11(16-17-12)9(7-15)8-3-1-2-4-10(8)14/h1-6,9H. The minimum Gasteiger partial charge on any atom is -0.207 e. The first-order chi connectivity index (χ1) is 8.22. The van der Waals surface area contributed by atoms with Crippen molar-refractivity contribution in [1.82, 2.24) is 10.2 Å². The van der Waals surface area contributed by atoms with E-state index in [1.807, 2.05) is 6.07 Å². The Morgan fingerprint density at radius 3 is 2.53 bits per heavy atom. The molecule has 17 heavy (non-hydrogen) atoms. The molecule has 2 rings (SSSR count). The Bertz CT molecular complexity index is 563. The quantitative estimate of drug-likeness (QED) is 0.820. The van der Waals surface area contributed by atoms with E-state index in [1.54, 1.807) is 24.3 Å². The highest BCUT2D eigenvalue weighted by Crippen LogP contribution is 2.24. The van der Waals surface area contributed by atoms with Gasteiger partial charge in [0.15, 0.2) is 5.15 Å². The average molecular weight is 248 g/mol. The SMILES string of the molecule is N#CC(c1ccc(Cl)nn1)c1ccccc1F. The molecule has 0 aliphatic heterocycles. The molecule has 1 atom stereocenters. The van der Waals surface area contributed by atoms with Gasteiger partial charge >= 0.3 is 0 Å². The van der Waals surface area contributed by atoms with Crippen molar-refractivity contribution >= 4 is 11.6 Å². The molecule has 0 aliphatic carbocycles. The highest BCUT2D eigenvalue weighted by atomic mass is 35.5. The Balaban J connectivity index is 2.45. The largest absolute Gasteiger partial charge is 0.207 e. The van der Waals surface area contributed by atoms with Crippen molar-refractivity contribution in [2.75, 3.05) is 0 Å². The number of aromatic nitrogens is 2. The second-order valence-corrected chi connectivity index (χ2v) is 3.75. The minimum absolute atomic E-state index is 0.235. The number of benzene rings is 1. The van der Waals surface area contributed by atoms with Crippen LogP contribution < -0.4 is 0 Å². The molecular formula is C12H7ClFN3. The van der Waals surface area contributed by atoms with Gasteiger partial charge in [-0.2, -0.15) is 10.4 Å². The van der Waals surface area contributed by atoms with E-state index in [4.69, 9.17) is 16.9 Å². The van der Waals surface area contributed by atoms with Crippen LogP contribution in [-0.2, 0) is 0 Å². The van der Waals surface area contributed by atoms with E-state index < -0.39 is 11.7 Å². The van der Waals surface area contributed by atoms with Gasteiger partial charge in [-0.05, 0) is 18.2 Å². The average Bonchev–Trinajstić information content (AvgIpc) is 2.35. The van der Waals surface area contributed by atoms with Crippen LogP contribution in [0, 0.1) is 17.1 Å². The zero-order valence-corrected chi connectivity index (χ0v) is 9.39. The van der Waals surface area contributed by atoms with E-state index >= 15 is 0 Å². The van der Waals surface area contributed by atoms with Crippen LogP contribution in [0.1, 0.15) is 17.2 Å². The highest BCUT2D eigenvalue weighted by molar-refractivity contribution is 6.29. The summed E-state index contributed by atoms with van der Waals surface area (Å²) in [6.07, 6.45) is 0. The van der Waals surface area contributed by atoms with Crippen LogP contribution in [0.4, 0.5) is 4.39 Å². The van der Waals surface area contributed by atoms with Gasteiger partial charge in [-0.25, -0.2) is 4.39 Å². The van der Waals surface area contributed by atoms with Crippen LogP contribution in [0.2, 0.25) is 5.15 Å². The second kappa shape index (κ2) is 4.89. The fraction of sp³-hybridized carbons (Fsp3) is 0.0833. The smallest absolute Gasteiger partial charge is 0.151 e. The Morgan fingerprint density at radius 1 is 1.18 bits per heavy atom. The van der Waals surface area contributed by atoms with Crippen LogP contribution in [-0.4, -0.2) is 10.2 Å². The number of hydrogen-bond donors (Lipinski definition) is 0. The maximum atomic E-state index is 13.6. The summed E-state index contributed by atoms with van der Waals surface area (Å²) in [5, 5.41) is 16.8. The van der Waals surface area contributed by atoms with Crippen LogP contribution in [0.15, 0.2) is 36.4 Å². The third-order valence-corrected chi connectivity index (χ3v) is 2.50. The monoisotopic (exact) mass is 247 g/mol. The Morgan fingerprint density at radius 2 is 1.94 bits per heavy atom. The van der Waals surface area contributed by atoms with Crippen molar-refractivity contribution in [2.24, 2.45) is 0 Å². The van der Waals surface area contributed by atoms with E-state index in [-0.39, 0.29) is 10.7 Å². The molecule has 1 heterocycles. The lowest BCUT2D eigenvalue weighted by Crippen LogP contribution is -2.04. The summed E-state index contributed by atoms with van der Waals surface area (Å²) in [4.78, 5) is 0. The molecule has 0 spiro atoms. The summed E-state index contributed by atoms with van der Waals surface area (Å²) in [6.45, 7) is 0. The summed E-state index contributed by atoms with van der Waals surface area (Å²) in [6, 6.07) is 11.2. The van der Waals surface area contributed by atoms with E-state index in [1.165, 1.54) is 12.1 Å². The van der Waals surface area contributed by atoms with Crippen molar-refractivity contribution in [3.63, 3.8) is 0 Å². The van der Waals surface area contributed by atoms with Crippen LogP contribution >= 0.6 is 11.6 Å². The maximum Gasteiger partial charge on any atom is 0.151 e. The lowest BCUT2D eigenvalue weighted by molar-refractivity contribution is 0.607. The lowest BCUT2D eigenvalue weighted by atomic mass is 9.96. The first-order valence-electron chi connectivity index (χ1n) is 4.85. The molecule has 0 radical (unpaired) electrons. The number of halogens is 2. The molecule has 5 heteroatoms. The molecular weight excluding hydrogens is 241 g/mol. The van der Waals surface area contributed by atoms with Crippen molar-refractivity contribution in [3.8, 4) is 6.07 Å². The summed E-state index contributed by atoms with van der Waals surface area (Å²) >= 11 is 5.61. The molecule has 2 aromatic rings. The summed E-state index contributed by atoms with van der Waals surface area (Å²) in [7, 11) is 0. The molecule has 3 nitrogen and oxygen atoms in total. The van der Waals surface area contributed by atoms with Crippen molar-refractivity contribution in [1.29, 1.82) is 5.26 Å². The molecule has 84 valence electrons. The Labute approximate surface area is 102 Å². The van der Waals surface area contributed by atoms with Gasteiger partial charge in [0, 0.05) is 5.56 Å². The third-order valence-electron chi connectivity index (χ3n) is 2.29. The first kappa shape index (κ1) is 11.5. The number of rotatable bonds is 2. The normalized spacial score (nSPS) is 11.8. The molecule has 1 aromatic carbocycles. The van der Waals surface area contributed by atoms with E-state index in [0.29, 0.717) is 5.69 Å². The molecule has 0 amide bonds. The van der Waals surface area contributed by atoms with Gasteiger partial charge in [-0.1, -0.05) is 29.8 Å². The molecule has 0 N–H and O–H groups in total. The molecule has 1 unspecified atom stereocenters. The molecule has 0 saturated heterocycles. The molecule has 0 aliphatic rings. The van der Waals surface area contributed by atoms with Gasteiger partial charge in [0.05, 0.1) is 11.8 Å². The number of nitrogens with zero attached hydrogens (tertiary/aromatic N) is 3. The van der Waals surface area contributed by atoms with Gasteiger partial charge in [-0.3, -0.25) is 0 Å². The van der Waals surface area contributed by atoms with Crippen LogP contribution in [0.5, 0.6) is 0 Å². The van der Waals surface area contributed by atoms with E-state index in [2.05, 4.69) is 10.2 Å². The zero-order chi connectivity index (χ0) is 12.3. The van der Waals surface area contributed by atoms with Crippen molar-refractivity contribution < 1.29 is 4.39 Å². The van der Waals surface area contributed by atoms with Crippen molar-refractivity contribution in [2.45, 2.75) is 5.92 Å². The van der Waals surface area contributed by atoms with Gasteiger partial charge in [0.2, 0.25) is 0 Å². The molecule has 1 aromatic heterocycles. The Kier molecular flexibility index (Phi) is 3.31. The van der Waals surface area contributed by atoms with Gasteiger partial charge in [0.25, 0.3) is 0 Å². The highest BCUT2D eigenvalue weighted by Gasteiger charge is 2.18. The fourth-order valence-corrected chi connectivity index (χ4v) is 1.59. The third kappa shape index (κ3) is 2.40. The van der Waals surface area contributed by atoms with Crippen LogP contribution in [0.25, 0.3) is 0 Å². The fourth-order valence-electron chi connectivity index (χ4n) is 1.48. The Hall–Kier alpha value is -1.99. The lowest BCUT2D eigenvalue weighted by Gasteiger charge is -2.08. The summed E-state index contributed by atoms with van der Waals surface area (Å²) in [5.41, 5.74) is 0.661. The number of hydrogen-bond acceptors (Lipinski definition) is 3. The minimum atomic E-state index is -0.777. The summed E-state index contributed by atoms with van der Waals surface area (Å²) in [5.74, 6) is -1.21. The topological polar surface area (TPSA) is 49.6 Å². The van der Waals surface area contributed by atoms with Gasteiger partial charge in [-0.15, -0.1) is 5.10 Å². The van der Waals surface area contributed by atoms with E-state index in [0.717, 1.165) is 0 Å².